The van der Waals surface area contributed by atoms with Gasteiger partial charge in [0.25, 0.3) is 5.91 Å². The van der Waals surface area contributed by atoms with Crippen LogP contribution in [-0.2, 0) is 0 Å². The molecule has 5 heteroatoms. The van der Waals surface area contributed by atoms with Crippen molar-refractivity contribution in [1.29, 1.82) is 0 Å². The highest BCUT2D eigenvalue weighted by Crippen LogP contribution is 2.41. The Morgan fingerprint density at radius 2 is 2.23 bits per heavy atom. The first-order valence-corrected chi connectivity index (χ1v) is 5.01. The third-order valence-corrected chi connectivity index (χ3v) is 2.81. The minimum absolute atomic E-state index is 0.0249. The summed E-state index contributed by atoms with van der Waals surface area (Å²) in [5, 5.41) is 4.00. The standard InChI is InChI=1S/C8H11N3OS/c1-11(2)8(12)7-6(5-3-4-5)9-10-13-7/h5H,3-4H2,1-2H3. The Morgan fingerprint density at radius 1 is 1.54 bits per heavy atom. The molecule has 1 heterocycles. The van der Waals surface area contributed by atoms with Gasteiger partial charge in [0, 0.05) is 20.0 Å². The van der Waals surface area contributed by atoms with Crippen molar-refractivity contribution < 1.29 is 4.79 Å². The molecule has 0 unspecified atom stereocenters. The largest absolute Gasteiger partial charge is 0.344 e. The van der Waals surface area contributed by atoms with Gasteiger partial charge in [-0.1, -0.05) is 4.49 Å². The minimum atomic E-state index is 0.0249. The molecule has 1 fully saturated rings. The van der Waals surface area contributed by atoms with Gasteiger partial charge in [0.05, 0.1) is 5.69 Å². The summed E-state index contributed by atoms with van der Waals surface area (Å²) in [6.45, 7) is 0. The van der Waals surface area contributed by atoms with Gasteiger partial charge in [-0.05, 0) is 24.4 Å². The maximum atomic E-state index is 11.6. The van der Waals surface area contributed by atoms with Gasteiger partial charge in [0.1, 0.15) is 4.88 Å². The van der Waals surface area contributed by atoms with Crippen LogP contribution < -0.4 is 0 Å². The van der Waals surface area contributed by atoms with Crippen LogP contribution >= 0.6 is 11.5 Å². The van der Waals surface area contributed by atoms with Crippen LogP contribution in [-0.4, -0.2) is 34.5 Å². The fourth-order valence-corrected chi connectivity index (χ4v) is 1.95. The Morgan fingerprint density at radius 3 is 2.77 bits per heavy atom. The van der Waals surface area contributed by atoms with E-state index in [0.717, 1.165) is 18.5 Å². The van der Waals surface area contributed by atoms with Gasteiger partial charge in [-0.3, -0.25) is 4.79 Å². The average molecular weight is 197 g/mol. The van der Waals surface area contributed by atoms with Gasteiger partial charge in [-0.15, -0.1) is 5.10 Å². The van der Waals surface area contributed by atoms with Crippen molar-refractivity contribution in [2.45, 2.75) is 18.8 Å². The monoisotopic (exact) mass is 197 g/mol. The van der Waals surface area contributed by atoms with E-state index in [1.54, 1.807) is 19.0 Å². The number of carbonyl (C=O) groups excluding carboxylic acids is 1. The van der Waals surface area contributed by atoms with E-state index in [9.17, 15) is 4.79 Å². The lowest BCUT2D eigenvalue weighted by molar-refractivity contribution is 0.0831. The second-order valence-electron chi connectivity index (χ2n) is 3.46. The quantitative estimate of drug-likeness (QED) is 0.713. The molecule has 1 aliphatic carbocycles. The Labute approximate surface area is 80.7 Å². The van der Waals surface area contributed by atoms with Crippen LogP contribution in [0, 0.1) is 0 Å². The van der Waals surface area contributed by atoms with E-state index in [-0.39, 0.29) is 5.91 Å². The molecule has 0 spiro atoms. The summed E-state index contributed by atoms with van der Waals surface area (Å²) in [6.07, 6.45) is 2.30. The molecule has 0 aliphatic heterocycles. The lowest BCUT2D eigenvalue weighted by Gasteiger charge is -2.08. The highest BCUT2D eigenvalue weighted by molar-refractivity contribution is 7.08. The van der Waals surface area contributed by atoms with Crippen molar-refractivity contribution in [3.8, 4) is 0 Å². The molecule has 0 atom stereocenters. The van der Waals surface area contributed by atoms with Gasteiger partial charge in [0.2, 0.25) is 0 Å². The van der Waals surface area contributed by atoms with Crippen molar-refractivity contribution in [2.24, 2.45) is 0 Å². The Hall–Kier alpha value is -0.970. The van der Waals surface area contributed by atoms with Crippen LogP contribution in [0.2, 0.25) is 0 Å². The van der Waals surface area contributed by atoms with E-state index in [1.807, 2.05) is 0 Å². The molecule has 1 aromatic heterocycles. The van der Waals surface area contributed by atoms with E-state index < -0.39 is 0 Å². The van der Waals surface area contributed by atoms with Crippen LogP contribution in [0.5, 0.6) is 0 Å². The molecule has 1 aliphatic rings. The molecule has 13 heavy (non-hydrogen) atoms. The molecule has 1 aromatic rings. The zero-order chi connectivity index (χ0) is 9.42. The summed E-state index contributed by atoms with van der Waals surface area (Å²) in [5.74, 6) is 0.523. The predicted octanol–water partition coefficient (Wildman–Crippen LogP) is 1.12. The maximum absolute atomic E-state index is 11.6. The predicted molar refractivity (Wildman–Crippen MR) is 49.9 cm³/mol. The first-order valence-electron chi connectivity index (χ1n) is 4.24. The Bertz CT molecular complexity index is 330. The third-order valence-electron chi connectivity index (χ3n) is 2.08. The third kappa shape index (κ3) is 1.56. The number of hydrogen-bond donors (Lipinski definition) is 0. The van der Waals surface area contributed by atoms with Crippen molar-refractivity contribution in [1.82, 2.24) is 14.5 Å². The molecular formula is C8H11N3OS. The van der Waals surface area contributed by atoms with E-state index in [1.165, 1.54) is 11.5 Å². The number of aromatic nitrogens is 2. The highest BCUT2D eigenvalue weighted by atomic mass is 32.1. The number of carbonyl (C=O) groups is 1. The first kappa shape index (κ1) is 8.62. The second-order valence-corrected chi connectivity index (χ2v) is 4.22. The zero-order valence-corrected chi connectivity index (χ0v) is 8.47. The molecule has 70 valence electrons. The molecule has 1 saturated carbocycles. The summed E-state index contributed by atoms with van der Waals surface area (Å²) < 4.78 is 3.83. The minimum Gasteiger partial charge on any atom is -0.344 e. The molecule has 0 bridgehead atoms. The SMILES string of the molecule is CN(C)C(=O)c1snnc1C1CC1. The van der Waals surface area contributed by atoms with Gasteiger partial charge in [-0.2, -0.15) is 0 Å². The summed E-state index contributed by atoms with van der Waals surface area (Å²) in [7, 11) is 3.50. The number of amides is 1. The molecule has 2 rings (SSSR count). The van der Waals surface area contributed by atoms with Crippen LogP contribution in [0.25, 0.3) is 0 Å². The van der Waals surface area contributed by atoms with Crippen molar-refractivity contribution in [3.05, 3.63) is 10.6 Å². The van der Waals surface area contributed by atoms with Crippen molar-refractivity contribution in [2.75, 3.05) is 14.1 Å². The molecule has 0 N–H and O–H groups in total. The lowest BCUT2D eigenvalue weighted by Crippen LogP contribution is -2.21. The summed E-state index contributed by atoms with van der Waals surface area (Å²) >= 11 is 1.20. The number of rotatable bonds is 2. The van der Waals surface area contributed by atoms with Gasteiger partial charge in [0.15, 0.2) is 0 Å². The molecule has 0 saturated heterocycles. The van der Waals surface area contributed by atoms with E-state index in [2.05, 4.69) is 9.59 Å². The molecule has 1 amide bonds. The van der Waals surface area contributed by atoms with Gasteiger partial charge < -0.3 is 4.90 Å². The molecule has 0 radical (unpaired) electrons. The molecule has 0 aromatic carbocycles. The average Bonchev–Trinajstić information content (AvgIpc) is 2.83. The van der Waals surface area contributed by atoms with Crippen LogP contribution in [0.4, 0.5) is 0 Å². The fourth-order valence-electron chi connectivity index (χ4n) is 1.17. The first-order chi connectivity index (χ1) is 6.20. The zero-order valence-electron chi connectivity index (χ0n) is 7.65. The second kappa shape index (κ2) is 3.06. The van der Waals surface area contributed by atoms with Crippen LogP contribution in [0.15, 0.2) is 0 Å². The van der Waals surface area contributed by atoms with E-state index >= 15 is 0 Å². The number of hydrogen-bond acceptors (Lipinski definition) is 4. The van der Waals surface area contributed by atoms with Crippen LogP contribution in [0.3, 0.4) is 0 Å². The van der Waals surface area contributed by atoms with E-state index in [4.69, 9.17) is 0 Å². The summed E-state index contributed by atoms with van der Waals surface area (Å²) in [6, 6.07) is 0. The van der Waals surface area contributed by atoms with Crippen molar-refractivity contribution in [3.63, 3.8) is 0 Å². The Balaban J connectivity index is 2.28. The van der Waals surface area contributed by atoms with E-state index in [0.29, 0.717) is 10.8 Å². The Kier molecular flexibility index (Phi) is 2.03. The normalized spacial score (nSPS) is 15.8. The topological polar surface area (TPSA) is 46.1 Å². The number of nitrogens with zero attached hydrogens (tertiary/aromatic N) is 3. The van der Waals surface area contributed by atoms with Crippen molar-refractivity contribution >= 4 is 17.4 Å². The summed E-state index contributed by atoms with van der Waals surface area (Å²) in [4.78, 5) is 13.9. The molecule has 4 nitrogen and oxygen atoms in total. The lowest BCUT2D eigenvalue weighted by atomic mass is 10.2. The van der Waals surface area contributed by atoms with Gasteiger partial charge >= 0.3 is 0 Å². The molecular weight excluding hydrogens is 186 g/mol. The maximum Gasteiger partial charge on any atom is 0.267 e. The highest BCUT2D eigenvalue weighted by Gasteiger charge is 2.32. The smallest absolute Gasteiger partial charge is 0.267 e. The summed E-state index contributed by atoms with van der Waals surface area (Å²) in [5.41, 5.74) is 0.906. The van der Waals surface area contributed by atoms with Crippen LogP contribution in [0.1, 0.15) is 34.1 Å². The van der Waals surface area contributed by atoms with Gasteiger partial charge in [-0.25, -0.2) is 0 Å². The fraction of sp³-hybridized carbons (Fsp3) is 0.625.